The van der Waals surface area contributed by atoms with E-state index in [1.165, 1.54) is 18.2 Å². The fourth-order valence-electron chi connectivity index (χ4n) is 13.7. The van der Waals surface area contributed by atoms with Crippen molar-refractivity contribution in [2.75, 3.05) is 28.2 Å². The summed E-state index contributed by atoms with van der Waals surface area (Å²) in [4.78, 5) is 57.6. The number of nitrogens with zero attached hydrogens (tertiary/aromatic N) is 2. The van der Waals surface area contributed by atoms with Gasteiger partial charge in [-0.05, 0) is 88.6 Å². The molecule has 7 heterocycles. The number of aromatic hydroxyl groups is 3. The lowest BCUT2D eigenvalue weighted by Gasteiger charge is -2.51. The van der Waals surface area contributed by atoms with Crippen LogP contribution in [0.2, 0.25) is 0 Å². The number of carbonyl (C=O) groups excluding carboxylic acids is 4. The number of hydrogen-bond donors (Lipinski definition) is 4. The Morgan fingerprint density at radius 1 is 0.627 bits per heavy atom. The molecule has 456 valence electrons. The number of likely N-dealkylation sites (N-methyl/N-ethyl adjacent to an activating group) is 2. The number of ether oxygens (including phenoxy) is 13. The summed E-state index contributed by atoms with van der Waals surface area (Å²) < 4.78 is 83.7. The molecule has 0 bridgehead atoms. The van der Waals surface area contributed by atoms with Gasteiger partial charge in [-0.25, -0.2) is 0 Å². The highest BCUT2D eigenvalue weighted by Crippen LogP contribution is 2.58. The van der Waals surface area contributed by atoms with Crippen LogP contribution in [0.3, 0.4) is 0 Å². The first-order valence-electron chi connectivity index (χ1n) is 29.3. The Hall–Kier alpha value is -4.70. The van der Waals surface area contributed by atoms with E-state index in [0.717, 1.165) is 0 Å². The topological polar surface area (TPSA) is 276 Å². The maximum Gasteiger partial charge on any atom is 0.276 e. The normalized spacial score (nSPS) is 40.8. The third-order valence-corrected chi connectivity index (χ3v) is 18.4. The van der Waals surface area contributed by atoms with Crippen molar-refractivity contribution in [3.05, 3.63) is 63.6 Å². The number of rotatable bonds is 13. The highest BCUT2D eigenvalue weighted by atomic mass is 16.8. The van der Waals surface area contributed by atoms with E-state index in [1.807, 2.05) is 65.7 Å². The summed E-state index contributed by atoms with van der Waals surface area (Å²) in [6, 6.07) is 3.30. The van der Waals surface area contributed by atoms with Crippen molar-refractivity contribution in [2.45, 2.75) is 241 Å². The summed E-state index contributed by atoms with van der Waals surface area (Å²) in [6.07, 6.45) is -9.56. The second-order valence-corrected chi connectivity index (χ2v) is 24.3. The number of allylic oxidation sites excluding steroid dienone is 1. The van der Waals surface area contributed by atoms with Crippen molar-refractivity contribution in [1.82, 2.24) is 9.80 Å². The zero-order valence-corrected chi connectivity index (χ0v) is 48.9. The predicted octanol–water partition coefficient (Wildman–Crippen LogP) is 5.26. The van der Waals surface area contributed by atoms with Crippen molar-refractivity contribution < 1.29 is 101 Å². The quantitative estimate of drug-likeness (QED) is 0.159. The molecule has 0 amide bonds. The number of Topliss-reactive ketones (excluding diaryl/α,β-unsaturated/α-hetero) is 2. The molecular weight excluding hydrogens is 1080 g/mol. The Balaban J connectivity index is 0.845. The fraction of sp³-hybridized carbons (Fsp3) is 0.700. The van der Waals surface area contributed by atoms with Crippen LogP contribution in [-0.4, -0.2) is 204 Å². The molecule has 2 aromatic carbocycles. The monoisotopic (exact) mass is 1160 g/mol. The van der Waals surface area contributed by atoms with Crippen LogP contribution in [0.1, 0.15) is 161 Å². The molecule has 23 nitrogen and oxygen atoms in total. The van der Waals surface area contributed by atoms with E-state index in [4.69, 9.17) is 61.6 Å². The number of ketones is 4. The number of fused-ring (bicyclic) bond motifs is 5. The molecule has 4 N–H and O–H groups in total. The van der Waals surface area contributed by atoms with Crippen molar-refractivity contribution in [1.29, 1.82) is 0 Å². The van der Waals surface area contributed by atoms with Gasteiger partial charge < -0.3 is 91.8 Å². The second-order valence-electron chi connectivity index (χ2n) is 24.3. The van der Waals surface area contributed by atoms with Gasteiger partial charge in [-0.3, -0.25) is 19.2 Å². The van der Waals surface area contributed by atoms with Gasteiger partial charge >= 0.3 is 0 Å². The smallest absolute Gasteiger partial charge is 0.276 e. The maximum atomic E-state index is 14.6. The Bertz CT molecular complexity index is 2840. The highest BCUT2D eigenvalue weighted by molar-refractivity contribution is 6.31. The molecule has 11 rings (SSSR count). The van der Waals surface area contributed by atoms with E-state index in [1.54, 1.807) is 26.8 Å². The summed E-state index contributed by atoms with van der Waals surface area (Å²) in [7, 11) is 7.59. The summed E-state index contributed by atoms with van der Waals surface area (Å²) in [5, 5.41) is 49.4. The van der Waals surface area contributed by atoms with Crippen LogP contribution < -0.4 is 0 Å². The van der Waals surface area contributed by atoms with Gasteiger partial charge in [0, 0.05) is 79.8 Å². The molecule has 0 saturated carbocycles. The molecule has 2 aromatic rings. The summed E-state index contributed by atoms with van der Waals surface area (Å²) in [5.41, 5.74) is -3.72. The zero-order chi connectivity index (χ0) is 59.2. The van der Waals surface area contributed by atoms with Gasteiger partial charge in [0.25, 0.3) is 5.95 Å². The number of hydrogen-bond acceptors (Lipinski definition) is 23. The molecular formula is C60H80N2O21. The number of aliphatic hydroxyl groups is 1. The minimum Gasteiger partial charge on any atom is -0.507 e. The summed E-state index contributed by atoms with van der Waals surface area (Å²) in [5.74, 6) is -3.39. The van der Waals surface area contributed by atoms with Gasteiger partial charge in [0.15, 0.2) is 54.9 Å². The summed E-state index contributed by atoms with van der Waals surface area (Å²) >= 11 is 0. The van der Waals surface area contributed by atoms with Crippen LogP contribution in [0.25, 0.3) is 0 Å². The first kappa shape index (κ1) is 60.0. The average molecular weight is 1170 g/mol. The maximum absolute atomic E-state index is 14.6. The first-order valence-corrected chi connectivity index (χ1v) is 29.3. The average Bonchev–Trinajstić information content (AvgIpc) is 1.62. The molecule has 6 saturated heterocycles. The Morgan fingerprint density at radius 3 is 1.89 bits per heavy atom. The van der Waals surface area contributed by atoms with Crippen LogP contribution in [0, 0.1) is 0 Å². The van der Waals surface area contributed by atoms with Crippen LogP contribution in [-0.2, 0) is 71.2 Å². The van der Waals surface area contributed by atoms with Crippen molar-refractivity contribution in [3.63, 3.8) is 0 Å². The van der Waals surface area contributed by atoms with E-state index >= 15 is 0 Å². The lowest BCUT2D eigenvalue weighted by atomic mass is 9.70. The first-order chi connectivity index (χ1) is 39.4. The summed E-state index contributed by atoms with van der Waals surface area (Å²) in [6.45, 7) is 12.6. The van der Waals surface area contributed by atoms with E-state index in [9.17, 15) is 39.6 Å². The molecule has 0 aromatic heterocycles. The Morgan fingerprint density at radius 2 is 1.24 bits per heavy atom. The SMILES string of the molecule is CC[C@]1(O)C[C@H](O[C@H]2C[C@@H](N(C)C)[C@H](O[C@H]3C[C@H]4O[C@H]5CC(=O)[C@@H](C)O[C@@H]5O[C@H]4[C@@H](C)O3)[C@@H](C)O2)c2c(O)c3c(c(O)c2[C@H]1O[C@H]1C[C@@H](N(C)C)[C@@H](O[C@@H]2CC[C@H](OC4=CCC(=O)[C@@H](C)O4)[C@H](C)O2)[C@@H](C)O1)C(=O)c1cccc(O)c1C3=O. The molecule has 23 heteroatoms. The number of phenols is 3. The van der Waals surface area contributed by atoms with E-state index in [0.29, 0.717) is 25.2 Å². The Kier molecular flexibility index (Phi) is 17.0. The van der Waals surface area contributed by atoms with Crippen molar-refractivity contribution >= 4 is 23.1 Å². The van der Waals surface area contributed by atoms with E-state index < -0.39 is 150 Å². The molecule has 83 heavy (non-hydrogen) atoms. The van der Waals surface area contributed by atoms with E-state index in [2.05, 4.69) is 0 Å². The Labute approximate surface area is 482 Å². The van der Waals surface area contributed by atoms with Crippen LogP contribution >= 0.6 is 0 Å². The standard InChI is InChI=1S/C60H80N2O21/c1-12-60(70)24-40(79-43-20-32(61(8)9)56(29(6)73-43)81-45-23-38-57(30(7)75-45)83-59-39(77-38)22-36(65)26(3)76-59)47-50(54(69)48-49(53(47)68)52(67)46-31(51(48)66)14-13-15-35(46)64)58(60)82-44-21-33(62(10)11)55(28(5)74-44)80-42-19-17-37(27(4)72-42)78-41-18-16-34(63)25(2)71-41/h13-15,18,25-30,32-33,37-40,42-45,55-59,64,68-70H,12,16-17,19-24H2,1-11H3/t25-,26-,27+,28-,29-,30-,32-,33-,37+,38-,39+,40+,42-,43+,44+,45+,55+,56-,57+,58-,59-,60+/m1/s1. The molecule has 0 unspecified atom stereocenters. The number of phenolic OH excluding ortho intramolecular Hbond substituents is 3. The number of benzene rings is 2. The lowest BCUT2D eigenvalue weighted by Crippen LogP contribution is -2.62. The molecule has 0 radical (unpaired) electrons. The van der Waals surface area contributed by atoms with Gasteiger partial charge in [-0.2, -0.15) is 0 Å². The molecule has 6 fully saturated rings. The van der Waals surface area contributed by atoms with Crippen LogP contribution in [0.15, 0.2) is 30.2 Å². The fourth-order valence-corrected chi connectivity index (χ4v) is 13.7. The highest BCUT2D eigenvalue weighted by Gasteiger charge is 2.56. The lowest BCUT2D eigenvalue weighted by molar-refractivity contribution is -0.371. The molecule has 22 atom stereocenters. The van der Waals surface area contributed by atoms with Crippen LogP contribution in [0.4, 0.5) is 0 Å². The van der Waals surface area contributed by atoms with Gasteiger partial charge in [0.2, 0.25) is 5.78 Å². The van der Waals surface area contributed by atoms with Gasteiger partial charge in [0.1, 0.15) is 60.0 Å². The minimum absolute atomic E-state index is 0.0177. The minimum atomic E-state index is -1.88. The van der Waals surface area contributed by atoms with Gasteiger partial charge in [0.05, 0.1) is 58.9 Å². The molecule has 2 aliphatic carbocycles. The van der Waals surface area contributed by atoms with Gasteiger partial charge in [-0.15, -0.1) is 0 Å². The molecule has 7 aliphatic heterocycles. The number of carbonyl (C=O) groups is 4. The zero-order valence-electron chi connectivity index (χ0n) is 48.9. The third-order valence-electron chi connectivity index (χ3n) is 18.4. The second kappa shape index (κ2) is 23.5. The largest absolute Gasteiger partial charge is 0.507 e. The molecule has 0 spiro atoms. The van der Waals surface area contributed by atoms with Crippen molar-refractivity contribution in [3.8, 4) is 17.2 Å². The van der Waals surface area contributed by atoms with Crippen molar-refractivity contribution in [2.24, 2.45) is 0 Å². The predicted molar refractivity (Wildman–Crippen MR) is 288 cm³/mol. The van der Waals surface area contributed by atoms with Gasteiger partial charge in [-0.1, -0.05) is 19.1 Å². The van der Waals surface area contributed by atoms with E-state index in [-0.39, 0.29) is 96.6 Å². The van der Waals surface area contributed by atoms with Crippen LogP contribution in [0.5, 0.6) is 17.2 Å². The molecule has 9 aliphatic rings. The third kappa shape index (κ3) is 11.3.